The number of amidine groups is 1. The third-order valence-electron chi connectivity index (χ3n) is 6.21. The first-order chi connectivity index (χ1) is 14.8. The maximum absolute atomic E-state index is 13.1. The van der Waals surface area contributed by atoms with Gasteiger partial charge in [-0.2, -0.15) is 0 Å². The molecule has 1 aliphatic heterocycles. The highest BCUT2D eigenvalue weighted by molar-refractivity contribution is 6.99. The van der Waals surface area contributed by atoms with Crippen LogP contribution in [0, 0.1) is 5.92 Å². The van der Waals surface area contributed by atoms with Crippen molar-refractivity contribution in [3.05, 3.63) is 60.7 Å². The van der Waals surface area contributed by atoms with E-state index < -0.39 is 8.32 Å². The zero-order chi connectivity index (χ0) is 22.5. The number of benzene rings is 2. The molecule has 0 unspecified atom stereocenters. The van der Waals surface area contributed by atoms with Crippen LogP contribution in [-0.2, 0) is 9.22 Å². The number of piperidine rings is 1. The van der Waals surface area contributed by atoms with E-state index in [4.69, 9.17) is 15.4 Å². The van der Waals surface area contributed by atoms with Crippen molar-refractivity contribution in [2.45, 2.75) is 38.7 Å². The number of oxime groups is 1. The molecular weight excluding hydrogens is 406 g/mol. The zero-order valence-electron chi connectivity index (χ0n) is 18.6. The highest BCUT2D eigenvalue weighted by Gasteiger charge is 2.50. The predicted octanol–water partition coefficient (Wildman–Crippen LogP) is 2.55. The fraction of sp³-hybridized carbons (Fsp3) is 0.417. The molecule has 166 valence electrons. The molecule has 1 fully saturated rings. The van der Waals surface area contributed by atoms with E-state index in [1.165, 1.54) is 0 Å². The molecule has 31 heavy (non-hydrogen) atoms. The van der Waals surface area contributed by atoms with Crippen LogP contribution in [-0.4, -0.2) is 49.9 Å². The molecule has 0 radical (unpaired) electrons. The Labute approximate surface area is 185 Å². The molecule has 0 bridgehead atoms. The Hall–Kier alpha value is -2.64. The van der Waals surface area contributed by atoms with Crippen molar-refractivity contribution < 1.29 is 14.4 Å². The minimum absolute atomic E-state index is 0.00838. The molecule has 6 nitrogen and oxygen atoms in total. The Bertz CT molecular complexity index is 850. The maximum Gasteiger partial charge on any atom is 0.261 e. The van der Waals surface area contributed by atoms with Crippen LogP contribution in [0.15, 0.2) is 65.8 Å². The molecule has 2 aromatic carbocycles. The Morgan fingerprint density at radius 3 is 1.97 bits per heavy atom. The Balaban J connectivity index is 1.84. The van der Waals surface area contributed by atoms with Gasteiger partial charge in [0.05, 0.1) is 0 Å². The summed E-state index contributed by atoms with van der Waals surface area (Å²) in [5.41, 5.74) is 5.74. The van der Waals surface area contributed by atoms with Gasteiger partial charge in [0.25, 0.3) is 8.32 Å². The SMILES string of the molecule is CC(C)(C)[Si](OCC(=O)N1CCC(/C(N)=N/O)CC1)(c1ccccc1)c1ccccc1. The number of hydrogen-bond acceptors (Lipinski definition) is 4. The average Bonchev–Trinajstić information content (AvgIpc) is 2.79. The lowest BCUT2D eigenvalue weighted by atomic mass is 9.96. The van der Waals surface area contributed by atoms with Gasteiger partial charge < -0.3 is 20.3 Å². The third-order valence-corrected chi connectivity index (χ3v) is 11.2. The van der Waals surface area contributed by atoms with E-state index >= 15 is 0 Å². The smallest absolute Gasteiger partial charge is 0.261 e. The molecule has 3 rings (SSSR count). The highest BCUT2D eigenvalue weighted by atomic mass is 28.4. The molecule has 0 atom stereocenters. The van der Waals surface area contributed by atoms with Crippen LogP contribution in [0.3, 0.4) is 0 Å². The monoisotopic (exact) mass is 439 g/mol. The fourth-order valence-corrected chi connectivity index (χ4v) is 9.02. The largest absolute Gasteiger partial charge is 0.409 e. The van der Waals surface area contributed by atoms with Gasteiger partial charge in [0.1, 0.15) is 12.4 Å². The lowest BCUT2D eigenvalue weighted by Crippen LogP contribution is -2.67. The van der Waals surface area contributed by atoms with Gasteiger partial charge in [0, 0.05) is 19.0 Å². The summed E-state index contributed by atoms with van der Waals surface area (Å²) in [6.07, 6.45) is 1.39. The normalized spacial score (nSPS) is 16.4. The molecule has 0 spiro atoms. The van der Waals surface area contributed by atoms with Crippen molar-refractivity contribution in [1.29, 1.82) is 0 Å². The van der Waals surface area contributed by atoms with Crippen LogP contribution in [0.1, 0.15) is 33.6 Å². The third kappa shape index (κ3) is 4.83. The van der Waals surface area contributed by atoms with Gasteiger partial charge in [-0.25, -0.2) is 0 Å². The van der Waals surface area contributed by atoms with Crippen molar-refractivity contribution in [1.82, 2.24) is 4.90 Å². The van der Waals surface area contributed by atoms with E-state index in [0.717, 1.165) is 10.4 Å². The minimum atomic E-state index is -2.73. The van der Waals surface area contributed by atoms with Gasteiger partial charge in [-0.1, -0.05) is 86.6 Å². The molecular formula is C24H33N3O3Si. The zero-order valence-corrected chi connectivity index (χ0v) is 19.6. The summed E-state index contributed by atoms with van der Waals surface area (Å²) in [5, 5.41) is 14.2. The van der Waals surface area contributed by atoms with E-state index in [2.05, 4.69) is 50.2 Å². The molecule has 1 saturated heterocycles. The van der Waals surface area contributed by atoms with Crippen molar-refractivity contribution in [2.24, 2.45) is 16.8 Å². The Morgan fingerprint density at radius 1 is 1.06 bits per heavy atom. The minimum Gasteiger partial charge on any atom is -0.409 e. The standard InChI is InChI=1S/C24H33N3O3Si/c1-24(2,3)31(20-10-6-4-7-11-20,21-12-8-5-9-13-21)30-18-22(28)27-16-14-19(15-17-27)23(25)26-29/h4-13,19,29H,14-18H2,1-3H3,(H2,25,26). The van der Waals surface area contributed by atoms with E-state index in [9.17, 15) is 4.79 Å². The number of rotatable bonds is 6. The molecule has 1 heterocycles. The second-order valence-electron chi connectivity index (χ2n) is 9.13. The van der Waals surface area contributed by atoms with Crippen LogP contribution in [0.4, 0.5) is 0 Å². The molecule has 7 heteroatoms. The molecule has 1 aliphatic rings. The number of likely N-dealkylation sites (tertiary alicyclic amines) is 1. The van der Waals surface area contributed by atoms with Gasteiger partial charge in [0.2, 0.25) is 5.91 Å². The molecule has 2 aromatic rings. The summed E-state index contributed by atoms with van der Waals surface area (Å²) in [6.45, 7) is 7.82. The molecule has 0 aromatic heterocycles. The van der Waals surface area contributed by atoms with E-state index in [0.29, 0.717) is 25.9 Å². The predicted molar refractivity (Wildman–Crippen MR) is 126 cm³/mol. The number of amides is 1. The number of carbonyl (C=O) groups is 1. The van der Waals surface area contributed by atoms with Crippen molar-refractivity contribution in [2.75, 3.05) is 19.7 Å². The number of hydrogen-bond donors (Lipinski definition) is 2. The second kappa shape index (κ2) is 9.66. The average molecular weight is 440 g/mol. The van der Waals surface area contributed by atoms with Gasteiger partial charge in [0.15, 0.2) is 0 Å². The quantitative estimate of drug-likeness (QED) is 0.238. The summed E-state index contributed by atoms with van der Waals surface area (Å²) >= 11 is 0. The number of nitrogens with zero attached hydrogens (tertiary/aromatic N) is 2. The highest BCUT2D eigenvalue weighted by Crippen LogP contribution is 2.36. The van der Waals surface area contributed by atoms with E-state index in [1.807, 2.05) is 41.3 Å². The summed E-state index contributed by atoms with van der Waals surface area (Å²) in [6, 6.07) is 20.6. The van der Waals surface area contributed by atoms with Crippen LogP contribution < -0.4 is 16.1 Å². The second-order valence-corrected chi connectivity index (χ2v) is 13.4. The molecule has 0 saturated carbocycles. The van der Waals surface area contributed by atoms with Gasteiger partial charge in [-0.15, -0.1) is 0 Å². The number of nitrogens with two attached hydrogens (primary N) is 1. The number of carbonyl (C=O) groups excluding carboxylic acids is 1. The first-order valence-electron chi connectivity index (χ1n) is 10.8. The van der Waals surface area contributed by atoms with Crippen LogP contribution in [0.25, 0.3) is 0 Å². The first kappa shape index (κ1) is 23.0. The van der Waals surface area contributed by atoms with Gasteiger partial charge >= 0.3 is 0 Å². The summed E-state index contributed by atoms with van der Waals surface area (Å²) in [4.78, 5) is 14.9. The van der Waals surface area contributed by atoms with Gasteiger partial charge in [-0.05, 0) is 28.3 Å². The fourth-order valence-electron chi connectivity index (χ4n) is 4.53. The molecule has 0 aliphatic carbocycles. The van der Waals surface area contributed by atoms with Crippen molar-refractivity contribution in [3.63, 3.8) is 0 Å². The van der Waals surface area contributed by atoms with Crippen molar-refractivity contribution >= 4 is 30.4 Å². The van der Waals surface area contributed by atoms with Gasteiger partial charge in [-0.3, -0.25) is 4.79 Å². The lowest BCUT2D eigenvalue weighted by molar-refractivity contribution is -0.134. The Kier molecular flexibility index (Phi) is 7.18. The van der Waals surface area contributed by atoms with Crippen LogP contribution in [0.2, 0.25) is 5.04 Å². The summed E-state index contributed by atoms with van der Waals surface area (Å²) in [7, 11) is -2.73. The van der Waals surface area contributed by atoms with Crippen LogP contribution >= 0.6 is 0 Å². The van der Waals surface area contributed by atoms with Crippen molar-refractivity contribution in [3.8, 4) is 0 Å². The maximum atomic E-state index is 13.1. The molecule has 3 N–H and O–H groups in total. The Morgan fingerprint density at radius 2 is 1.55 bits per heavy atom. The summed E-state index contributed by atoms with van der Waals surface area (Å²) < 4.78 is 6.74. The van der Waals surface area contributed by atoms with E-state index in [1.54, 1.807) is 0 Å². The lowest BCUT2D eigenvalue weighted by Gasteiger charge is -2.43. The first-order valence-corrected chi connectivity index (χ1v) is 12.7. The van der Waals surface area contributed by atoms with Crippen LogP contribution in [0.5, 0.6) is 0 Å². The summed E-state index contributed by atoms with van der Waals surface area (Å²) in [5.74, 6) is 0.258. The van der Waals surface area contributed by atoms with E-state index in [-0.39, 0.29) is 29.3 Å². The topological polar surface area (TPSA) is 88.2 Å². The molecule has 1 amide bonds.